The summed E-state index contributed by atoms with van der Waals surface area (Å²) in [7, 11) is 5.52. The molecule has 1 aliphatic carbocycles. The lowest BCUT2D eigenvalue weighted by Gasteiger charge is -2.34. The summed E-state index contributed by atoms with van der Waals surface area (Å²) in [5.41, 5.74) is 4.22. The second kappa shape index (κ2) is 8.69. The standard InChI is InChI=1S/C22H28N2O4/c1-14-19(22(26)28-13-12-27-4)20(15-8-10-16(11-9-15)24(2)3)21-17(23-14)6-5-7-18(21)25/h8-11,19-20H,5-7,12-13H2,1-4H3/t19?,20-/m0/s1. The molecule has 150 valence electrons. The van der Waals surface area contributed by atoms with E-state index in [1.165, 1.54) is 0 Å². The predicted octanol–water partition coefficient (Wildman–Crippen LogP) is 3.12. The maximum Gasteiger partial charge on any atom is 0.315 e. The van der Waals surface area contributed by atoms with E-state index >= 15 is 0 Å². The Labute approximate surface area is 166 Å². The first-order valence-corrected chi connectivity index (χ1v) is 9.68. The predicted molar refractivity (Wildman–Crippen MR) is 109 cm³/mol. The van der Waals surface area contributed by atoms with Crippen molar-refractivity contribution in [2.75, 3.05) is 39.3 Å². The number of carbonyl (C=O) groups is 2. The largest absolute Gasteiger partial charge is 0.463 e. The summed E-state index contributed by atoms with van der Waals surface area (Å²) in [6.07, 6.45) is 2.09. The number of rotatable bonds is 6. The number of nitrogens with zero attached hydrogens (tertiary/aromatic N) is 2. The number of Topliss-reactive ketones (excluding diaryl/α,β-unsaturated/α-hetero) is 1. The van der Waals surface area contributed by atoms with Crippen molar-refractivity contribution in [3.8, 4) is 0 Å². The average Bonchev–Trinajstić information content (AvgIpc) is 2.67. The molecule has 2 atom stereocenters. The number of benzene rings is 1. The Morgan fingerprint density at radius 2 is 1.89 bits per heavy atom. The second-order valence-corrected chi connectivity index (χ2v) is 7.49. The SMILES string of the molecule is COCCOC(=O)C1C(C)=NC2=C(C(=O)CCC2)[C@H]1c1ccc(N(C)C)cc1. The van der Waals surface area contributed by atoms with Crippen molar-refractivity contribution in [3.63, 3.8) is 0 Å². The van der Waals surface area contributed by atoms with E-state index in [1.807, 2.05) is 50.2 Å². The Bertz CT molecular complexity index is 808. The van der Waals surface area contributed by atoms with E-state index in [0.717, 1.165) is 29.8 Å². The van der Waals surface area contributed by atoms with Crippen molar-refractivity contribution in [2.45, 2.75) is 32.1 Å². The van der Waals surface area contributed by atoms with Crippen LogP contribution in [0.3, 0.4) is 0 Å². The molecule has 0 spiro atoms. The summed E-state index contributed by atoms with van der Waals surface area (Å²) in [5.74, 6) is -1.21. The highest BCUT2D eigenvalue weighted by molar-refractivity contribution is 6.08. The zero-order valence-corrected chi connectivity index (χ0v) is 17.0. The molecule has 6 nitrogen and oxygen atoms in total. The van der Waals surface area contributed by atoms with Gasteiger partial charge in [0.1, 0.15) is 12.5 Å². The first-order valence-electron chi connectivity index (χ1n) is 9.68. The number of anilines is 1. The number of allylic oxidation sites excluding steroid dienone is 2. The van der Waals surface area contributed by atoms with Crippen LogP contribution in [-0.2, 0) is 19.1 Å². The molecule has 0 bridgehead atoms. The molecule has 0 amide bonds. The minimum atomic E-state index is -0.595. The Hall–Kier alpha value is -2.47. The Morgan fingerprint density at radius 3 is 2.54 bits per heavy atom. The smallest absolute Gasteiger partial charge is 0.315 e. The van der Waals surface area contributed by atoms with E-state index in [9.17, 15) is 9.59 Å². The van der Waals surface area contributed by atoms with Crippen LogP contribution in [-0.4, -0.2) is 51.9 Å². The van der Waals surface area contributed by atoms with Crippen molar-refractivity contribution in [3.05, 3.63) is 41.1 Å². The van der Waals surface area contributed by atoms with Crippen molar-refractivity contribution in [2.24, 2.45) is 10.9 Å². The molecular weight excluding hydrogens is 356 g/mol. The fourth-order valence-electron chi connectivity index (χ4n) is 3.97. The normalized spacial score (nSPS) is 21.9. The van der Waals surface area contributed by atoms with Crippen molar-refractivity contribution in [1.29, 1.82) is 0 Å². The van der Waals surface area contributed by atoms with Crippen LogP contribution in [0.4, 0.5) is 5.69 Å². The van der Waals surface area contributed by atoms with Gasteiger partial charge in [-0.3, -0.25) is 14.6 Å². The lowest BCUT2D eigenvalue weighted by atomic mass is 9.72. The van der Waals surface area contributed by atoms with Crippen LogP contribution in [0.1, 0.15) is 37.7 Å². The molecule has 1 unspecified atom stereocenters. The minimum Gasteiger partial charge on any atom is -0.463 e. The van der Waals surface area contributed by atoms with Gasteiger partial charge in [0.25, 0.3) is 0 Å². The van der Waals surface area contributed by atoms with Crippen LogP contribution in [0.5, 0.6) is 0 Å². The van der Waals surface area contributed by atoms with Crippen molar-refractivity contribution >= 4 is 23.2 Å². The van der Waals surface area contributed by atoms with Crippen LogP contribution >= 0.6 is 0 Å². The number of ketones is 1. The highest BCUT2D eigenvalue weighted by Gasteiger charge is 2.43. The molecule has 0 fully saturated rings. The fourth-order valence-corrected chi connectivity index (χ4v) is 3.97. The highest BCUT2D eigenvalue weighted by atomic mass is 16.6. The second-order valence-electron chi connectivity index (χ2n) is 7.49. The number of hydrogen-bond donors (Lipinski definition) is 0. The van der Waals surface area contributed by atoms with E-state index in [4.69, 9.17) is 9.47 Å². The quantitative estimate of drug-likeness (QED) is 0.557. The van der Waals surface area contributed by atoms with Gasteiger partial charge in [-0.05, 0) is 37.5 Å². The zero-order valence-electron chi connectivity index (χ0n) is 17.0. The van der Waals surface area contributed by atoms with E-state index < -0.39 is 5.92 Å². The lowest BCUT2D eigenvalue weighted by molar-refractivity contribution is -0.147. The molecule has 1 aliphatic heterocycles. The molecule has 3 rings (SSSR count). The molecule has 0 saturated carbocycles. The highest BCUT2D eigenvalue weighted by Crippen LogP contribution is 2.43. The molecule has 6 heteroatoms. The molecule has 28 heavy (non-hydrogen) atoms. The molecule has 1 aromatic carbocycles. The number of methoxy groups -OCH3 is 1. The van der Waals surface area contributed by atoms with Gasteiger partial charge >= 0.3 is 5.97 Å². The Kier molecular flexibility index (Phi) is 6.29. The molecule has 2 aliphatic rings. The van der Waals surface area contributed by atoms with Gasteiger partial charge in [-0.25, -0.2) is 0 Å². The molecule has 0 saturated heterocycles. The van der Waals surface area contributed by atoms with Gasteiger partial charge in [-0.1, -0.05) is 12.1 Å². The van der Waals surface area contributed by atoms with Gasteiger partial charge < -0.3 is 14.4 Å². The topological polar surface area (TPSA) is 68.2 Å². The number of hydrogen-bond acceptors (Lipinski definition) is 6. The number of aliphatic imine (C=N–C) groups is 1. The summed E-state index contributed by atoms with van der Waals surface area (Å²) >= 11 is 0. The van der Waals surface area contributed by atoms with Crippen LogP contribution in [0, 0.1) is 5.92 Å². The van der Waals surface area contributed by atoms with Crippen LogP contribution in [0.2, 0.25) is 0 Å². The summed E-state index contributed by atoms with van der Waals surface area (Å²) in [6, 6.07) is 8.02. The summed E-state index contributed by atoms with van der Waals surface area (Å²) in [4.78, 5) is 32.4. The van der Waals surface area contributed by atoms with Gasteiger partial charge in [0.05, 0.1) is 6.61 Å². The maximum atomic E-state index is 12.9. The Morgan fingerprint density at radius 1 is 1.18 bits per heavy atom. The third-order valence-corrected chi connectivity index (χ3v) is 5.39. The fraction of sp³-hybridized carbons (Fsp3) is 0.500. The monoisotopic (exact) mass is 384 g/mol. The summed E-state index contributed by atoms with van der Waals surface area (Å²) in [6.45, 7) is 2.38. The van der Waals surface area contributed by atoms with Gasteiger partial charge in [0.15, 0.2) is 5.78 Å². The number of esters is 1. The van der Waals surface area contributed by atoms with Gasteiger partial charge in [-0.15, -0.1) is 0 Å². The van der Waals surface area contributed by atoms with Gasteiger partial charge in [0.2, 0.25) is 0 Å². The van der Waals surface area contributed by atoms with Crippen molar-refractivity contribution < 1.29 is 19.1 Å². The molecule has 0 N–H and O–H groups in total. The van der Waals surface area contributed by atoms with Crippen molar-refractivity contribution in [1.82, 2.24) is 0 Å². The van der Waals surface area contributed by atoms with Crippen LogP contribution in [0.15, 0.2) is 40.5 Å². The van der Waals surface area contributed by atoms with Gasteiger partial charge in [-0.2, -0.15) is 0 Å². The van der Waals surface area contributed by atoms with E-state index in [1.54, 1.807) is 7.11 Å². The molecule has 1 heterocycles. The van der Waals surface area contributed by atoms with E-state index in [-0.39, 0.29) is 24.3 Å². The zero-order chi connectivity index (χ0) is 20.3. The molecule has 0 aromatic heterocycles. The summed E-state index contributed by atoms with van der Waals surface area (Å²) < 4.78 is 10.4. The molecule has 0 radical (unpaired) electrons. The minimum absolute atomic E-state index is 0.0916. The third kappa shape index (κ3) is 4.02. The Balaban J connectivity index is 2.02. The molecular formula is C22H28N2O4. The van der Waals surface area contributed by atoms with Crippen LogP contribution in [0.25, 0.3) is 0 Å². The molecule has 1 aromatic rings. The first kappa shape index (κ1) is 20.3. The lowest BCUT2D eigenvalue weighted by Crippen LogP contribution is -2.37. The van der Waals surface area contributed by atoms with E-state index in [0.29, 0.717) is 24.3 Å². The number of ether oxygens (including phenoxy) is 2. The third-order valence-electron chi connectivity index (χ3n) is 5.39. The van der Waals surface area contributed by atoms with Gasteiger partial charge in [0, 0.05) is 56.2 Å². The number of carbonyl (C=O) groups excluding carboxylic acids is 2. The summed E-state index contributed by atoms with van der Waals surface area (Å²) in [5, 5.41) is 0. The maximum absolute atomic E-state index is 12.9. The van der Waals surface area contributed by atoms with Crippen LogP contribution < -0.4 is 4.90 Å². The average molecular weight is 384 g/mol. The van der Waals surface area contributed by atoms with E-state index in [2.05, 4.69) is 4.99 Å². The first-order chi connectivity index (χ1) is 13.4.